The molecule has 19 heavy (non-hydrogen) atoms. The molecule has 1 fully saturated rings. The lowest BCUT2D eigenvalue weighted by Crippen LogP contribution is -2.30. The van der Waals surface area contributed by atoms with E-state index >= 15 is 0 Å². The number of nitrogens with one attached hydrogen (secondary N) is 1. The van der Waals surface area contributed by atoms with Crippen LogP contribution in [0.3, 0.4) is 0 Å². The molecule has 1 saturated carbocycles. The molecule has 2 aromatic rings. The molecular formula is C15H18N2O2. The highest BCUT2D eigenvalue weighted by atomic mass is 16.3. The maximum absolute atomic E-state index is 11.9. The molecule has 1 N–H and O–H groups in total. The van der Waals surface area contributed by atoms with E-state index in [4.69, 9.17) is 4.42 Å². The summed E-state index contributed by atoms with van der Waals surface area (Å²) < 4.78 is 5.27. The molecule has 4 heteroatoms. The predicted molar refractivity (Wildman–Crippen MR) is 72.7 cm³/mol. The Hall–Kier alpha value is -1.84. The van der Waals surface area contributed by atoms with Gasteiger partial charge in [-0.25, -0.2) is 4.98 Å². The summed E-state index contributed by atoms with van der Waals surface area (Å²) in [6.45, 7) is 0.689. The molecule has 1 aliphatic rings. The number of hydrogen-bond acceptors (Lipinski definition) is 3. The van der Waals surface area contributed by atoms with Crippen LogP contribution in [0, 0.1) is 5.92 Å². The van der Waals surface area contributed by atoms with Crippen molar-refractivity contribution in [1.29, 1.82) is 0 Å². The lowest BCUT2D eigenvalue weighted by atomic mass is 10.1. The molecule has 4 nitrogen and oxygen atoms in total. The summed E-state index contributed by atoms with van der Waals surface area (Å²) in [5.74, 6) is 0.468. The zero-order valence-electron chi connectivity index (χ0n) is 10.9. The molecule has 0 atom stereocenters. The largest absolute Gasteiger partial charge is 0.443 e. The van der Waals surface area contributed by atoms with E-state index < -0.39 is 0 Å². The third kappa shape index (κ3) is 2.78. The summed E-state index contributed by atoms with van der Waals surface area (Å²) in [6, 6.07) is 5.98. The fraction of sp³-hybridized carbons (Fsp3) is 0.467. The number of rotatable bonds is 4. The average molecular weight is 258 g/mol. The molecule has 0 radical (unpaired) electrons. The first-order valence-electron chi connectivity index (χ1n) is 6.93. The van der Waals surface area contributed by atoms with E-state index in [1.54, 1.807) is 0 Å². The highest BCUT2D eigenvalue weighted by Gasteiger charge is 2.21. The van der Waals surface area contributed by atoms with Gasteiger partial charge >= 0.3 is 0 Å². The molecular weight excluding hydrogens is 240 g/mol. The van der Waals surface area contributed by atoms with Crippen molar-refractivity contribution in [3.63, 3.8) is 0 Å². The van der Waals surface area contributed by atoms with Gasteiger partial charge < -0.3 is 9.73 Å². The number of carbonyl (C=O) groups is 1. The Morgan fingerprint density at radius 2 is 2.21 bits per heavy atom. The summed E-state index contributed by atoms with van der Waals surface area (Å²) in [4.78, 5) is 16.0. The highest BCUT2D eigenvalue weighted by molar-refractivity contribution is 5.78. The number of oxazole rings is 1. The minimum Gasteiger partial charge on any atom is -0.443 e. The van der Waals surface area contributed by atoms with Crippen LogP contribution < -0.4 is 5.32 Å². The molecule has 1 aromatic heterocycles. The number of fused-ring (bicyclic) bond motifs is 1. The van der Waals surface area contributed by atoms with Gasteiger partial charge in [-0.1, -0.05) is 18.9 Å². The zero-order valence-corrected chi connectivity index (χ0v) is 10.9. The van der Waals surface area contributed by atoms with Gasteiger partial charge in [0.25, 0.3) is 0 Å². The lowest BCUT2D eigenvalue weighted by molar-refractivity contribution is -0.124. The van der Waals surface area contributed by atoms with Crippen molar-refractivity contribution in [2.45, 2.75) is 32.1 Å². The number of nitrogens with zero attached hydrogens (tertiary/aromatic N) is 1. The third-order valence-corrected chi connectivity index (χ3v) is 3.83. The Bertz CT molecular complexity index is 570. The standard InChI is InChI=1S/C15H18N2O2/c18-15(12-3-1-2-4-12)16-8-7-11-5-6-13-14(9-11)19-10-17-13/h5-6,9-10,12H,1-4,7-8H2,(H,16,18). The molecule has 100 valence electrons. The molecule has 1 heterocycles. The molecule has 1 amide bonds. The minimum absolute atomic E-state index is 0.221. The maximum Gasteiger partial charge on any atom is 0.223 e. The molecule has 0 unspecified atom stereocenters. The van der Waals surface area contributed by atoms with E-state index in [9.17, 15) is 4.79 Å². The lowest BCUT2D eigenvalue weighted by Gasteiger charge is -2.10. The van der Waals surface area contributed by atoms with Gasteiger partial charge in [-0.2, -0.15) is 0 Å². The molecule has 0 bridgehead atoms. The average Bonchev–Trinajstić information content (AvgIpc) is 3.09. The van der Waals surface area contributed by atoms with Gasteiger partial charge in [-0.15, -0.1) is 0 Å². The highest BCUT2D eigenvalue weighted by Crippen LogP contribution is 2.24. The minimum atomic E-state index is 0.221. The fourth-order valence-electron chi connectivity index (χ4n) is 2.72. The number of amides is 1. The second-order valence-electron chi connectivity index (χ2n) is 5.18. The van der Waals surface area contributed by atoms with Crippen LogP contribution in [0.25, 0.3) is 11.1 Å². The molecule has 1 aromatic carbocycles. The van der Waals surface area contributed by atoms with Crippen molar-refractivity contribution >= 4 is 17.0 Å². The van der Waals surface area contributed by atoms with Gasteiger partial charge in [0.15, 0.2) is 12.0 Å². The first-order chi connectivity index (χ1) is 9.33. The Balaban J connectivity index is 1.52. The molecule has 1 aliphatic carbocycles. The summed E-state index contributed by atoms with van der Waals surface area (Å²) >= 11 is 0. The second-order valence-corrected chi connectivity index (χ2v) is 5.18. The number of hydrogen-bond donors (Lipinski definition) is 1. The van der Waals surface area contributed by atoms with E-state index in [-0.39, 0.29) is 11.8 Å². The van der Waals surface area contributed by atoms with E-state index in [1.165, 1.54) is 19.2 Å². The van der Waals surface area contributed by atoms with Gasteiger partial charge in [0.05, 0.1) is 0 Å². The van der Waals surface area contributed by atoms with Crippen LogP contribution in [0.2, 0.25) is 0 Å². The van der Waals surface area contributed by atoms with Crippen LogP contribution >= 0.6 is 0 Å². The van der Waals surface area contributed by atoms with Gasteiger partial charge in [0, 0.05) is 12.5 Å². The van der Waals surface area contributed by atoms with E-state index in [0.717, 1.165) is 35.9 Å². The van der Waals surface area contributed by atoms with Crippen LogP contribution in [0.1, 0.15) is 31.2 Å². The Morgan fingerprint density at radius 3 is 3.05 bits per heavy atom. The molecule has 3 rings (SSSR count). The van der Waals surface area contributed by atoms with Crippen LogP contribution in [0.15, 0.2) is 29.0 Å². The SMILES string of the molecule is O=C(NCCc1ccc2ncoc2c1)C1CCCC1. The van der Waals surface area contributed by atoms with E-state index in [0.29, 0.717) is 6.54 Å². The normalized spacial score (nSPS) is 16.0. The summed E-state index contributed by atoms with van der Waals surface area (Å²) in [5.41, 5.74) is 2.84. The Morgan fingerprint density at radius 1 is 1.37 bits per heavy atom. The quantitative estimate of drug-likeness (QED) is 0.917. The Labute approximate surface area is 112 Å². The monoisotopic (exact) mass is 258 g/mol. The van der Waals surface area contributed by atoms with Crippen molar-refractivity contribution in [1.82, 2.24) is 10.3 Å². The van der Waals surface area contributed by atoms with Gasteiger partial charge in [-0.3, -0.25) is 4.79 Å². The molecule has 0 saturated heterocycles. The van der Waals surface area contributed by atoms with Crippen LogP contribution in [-0.4, -0.2) is 17.4 Å². The Kier molecular flexibility index (Phi) is 3.49. The van der Waals surface area contributed by atoms with Crippen molar-refractivity contribution < 1.29 is 9.21 Å². The first kappa shape index (κ1) is 12.2. The van der Waals surface area contributed by atoms with Crippen molar-refractivity contribution in [3.8, 4) is 0 Å². The third-order valence-electron chi connectivity index (χ3n) is 3.83. The first-order valence-corrected chi connectivity index (χ1v) is 6.93. The van der Waals surface area contributed by atoms with Crippen molar-refractivity contribution in [2.24, 2.45) is 5.92 Å². The summed E-state index contributed by atoms with van der Waals surface area (Å²) in [6.07, 6.45) is 6.78. The van der Waals surface area contributed by atoms with E-state index in [2.05, 4.69) is 10.3 Å². The van der Waals surface area contributed by atoms with Gasteiger partial charge in [-0.05, 0) is 37.0 Å². The number of benzene rings is 1. The number of carbonyl (C=O) groups excluding carboxylic acids is 1. The van der Waals surface area contributed by atoms with Crippen LogP contribution in [-0.2, 0) is 11.2 Å². The fourth-order valence-corrected chi connectivity index (χ4v) is 2.72. The number of aromatic nitrogens is 1. The van der Waals surface area contributed by atoms with Crippen molar-refractivity contribution in [2.75, 3.05) is 6.54 Å². The van der Waals surface area contributed by atoms with E-state index in [1.807, 2.05) is 18.2 Å². The second kappa shape index (κ2) is 5.43. The molecule has 0 spiro atoms. The van der Waals surface area contributed by atoms with Crippen LogP contribution in [0.4, 0.5) is 0 Å². The zero-order chi connectivity index (χ0) is 13.1. The van der Waals surface area contributed by atoms with Crippen LogP contribution in [0.5, 0.6) is 0 Å². The van der Waals surface area contributed by atoms with Gasteiger partial charge in [0.1, 0.15) is 5.52 Å². The predicted octanol–water partition coefficient (Wildman–Crippen LogP) is 2.68. The summed E-state index contributed by atoms with van der Waals surface area (Å²) in [7, 11) is 0. The maximum atomic E-state index is 11.9. The smallest absolute Gasteiger partial charge is 0.223 e. The molecule has 0 aliphatic heterocycles. The topological polar surface area (TPSA) is 55.1 Å². The van der Waals surface area contributed by atoms with Crippen molar-refractivity contribution in [3.05, 3.63) is 30.2 Å². The summed E-state index contributed by atoms with van der Waals surface area (Å²) in [5, 5.41) is 3.03. The van der Waals surface area contributed by atoms with Gasteiger partial charge in [0.2, 0.25) is 5.91 Å².